The molecule has 0 aliphatic carbocycles. The largest absolute Gasteiger partial charge is 0.351 e. The van der Waals surface area contributed by atoms with Crippen molar-refractivity contribution in [2.45, 2.75) is 51.0 Å². The van der Waals surface area contributed by atoms with Crippen molar-refractivity contribution in [3.8, 4) is 22.5 Å². The van der Waals surface area contributed by atoms with Gasteiger partial charge in [-0.1, -0.05) is 24.3 Å². The number of likely N-dealkylation sites (tertiary alicyclic amines) is 1. The molecule has 2 aromatic heterocycles. The van der Waals surface area contributed by atoms with E-state index in [1.54, 1.807) is 65.4 Å². The number of sulfone groups is 1. The molecule has 0 bridgehead atoms. The SMILES string of the molecule is Cc1ccc(C(=O)N(C)C)cc1-c1nc(NC2CCN(C)CC2)nc2c1CNC(=O)N2c1c(F)cccc1F.Cc1ccc(C(=O)N(C)C)cc1-c1nc(S(C)(=O)=O)nc2c1CNC(=O)N2c1c(F)cccc1F. The number of carbonyl (C=O) groups is 4. The van der Waals surface area contributed by atoms with Crippen molar-refractivity contribution >= 4 is 62.7 Å². The number of benzene rings is 4. The quantitative estimate of drug-likeness (QED) is 0.0952. The van der Waals surface area contributed by atoms with Crippen LogP contribution in [0.3, 0.4) is 0 Å². The monoisotopic (exact) mass is 1040 g/mol. The Hall–Kier alpha value is -8.05. The van der Waals surface area contributed by atoms with Crippen molar-refractivity contribution in [1.29, 1.82) is 0 Å². The molecule has 1 saturated heterocycles. The Bertz CT molecular complexity index is 3330. The van der Waals surface area contributed by atoms with Crippen LogP contribution in [-0.2, 0) is 22.9 Å². The number of carbonyl (C=O) groups excluding carboxylic acids is 4. The molecular weight excluding hydrogens is 985 g/mol. The summed E-state index contributed by atoms with van der Waals surface area (Å²) in [4.78, 5) is 75.6. The lowest BCUT2D eigenvalue weighted by Gasteiger charge is -2.32. The molecule has 4 aromatic carbocycles. The molecule has 9 rings (SSSR count). The predicted molar refractivity (Wildman–Crippen MR) is 269 cm³/mol. The third-order valence-electron chi connectivity index (χ3n) is 12.6. The second-order valence-corrected chi connectivity index (χ2v) is 20.3. The summed E-state index contributed by atoms with van der Waals surface area (Å²) < 4.78 is 84.2. The van der Waals surface area contributed by atoms with Gasteiger partial charge in [0, 0.05) is 73.9 Å². The Labute approximate surface area is 424 Å². The third-order valence-corrected chi connectivity index (χ3v) is 13.5. The summed E-state index contributed by atoms with van der Waals surface area (Å²) in [6.07, 6.45) is 2.61. The predicted octanol–water partition coefficient (Wildman–Crippen LogP) is 7.50. The molecule has 386 valence electrons. The van der Waals surface area contributed by atoms with E-state index in [9.17, 15) is 45.2 Å². The minimum atomic E-state index is -4.01. The van der Waals surface area contributed by atoms with Crippen molar-refractivity contribution in [2.75, 3.05) is 69.7 Å². The number of hydrogen-bond acceptors (Lipinski definition) is 12. The highest BCUT2D eigenvalue weighted by atomic mass is 32.2. The Morgan fingerprint density at radius 1 is 0.649 bits per heavy atom. The average Bonchev–Trinajstić information content (AvgIpc) is 3.35. The smallest absolute Gasteiger partial charge is 0.328 e. The molecule has 0 saturated carbocycles. The normalized spacial score (nSPS) is 14.8. The van der Waals surface area contributed by atoms with Crippen molar-refractivity contribution in [3.63, 3.8) is 0 Å². The first kappa shape index (κ1) is 52.3. The van der Waals surface area contributed by atoms with E-state index in [0.717, 1.165) is 73.0 Å². The summed E-state index contributed by atoms with van der Waals surface area (Å²) in [7, 11) is 4.59. The van der Waals surface area contributed by atoms with Gasteiger partial charge in [-0.05, 0) is 106 Å². The van der Waals surface area contributed by atoms with Crippen molar-refractivity contribution in [3.05, 3.63) is 129 Å². The Balaban J connectivity index is 0.000000198. The maximum atomic E-state index is 14.9. The van der Waals surface area contributed by atoms with E-state index in [1.807, 2.05) is 13.0 Å². The van der Waals surface area contributed by atoms with Crippen LogP contribution in [0.4, 0.5) is 56.1 Å². The number of hydrogen-bond donors (Lipinski definition) is 3. The molecule has 0 radical (unpaired) electrons. The van der Waals surface area contributed by atoms with Gasteiger partial charge in [0.25, 0.3) is 11.8 Å². The number of anilines is 5. The minimum absolute atomic E-state index is 0.0515. The lowest BCUT2D eigenvalue weighted by molar-refractivity contribution is 0.0820. The molecule has 0 unspecified atom stereocenters. The van der Waals surface area contributed by atoms with Gasteiger partial charge < -0.3 is 30.7 Å². The van der Waals surface area contributed by atoms with Crippen LogP contribution in [0.25, 0.3) is 22.5 Å². The molecule has 23 heteroatoms. The molecule has 3 aliphatic heterocycles. The van der Waals surface area contributed by atoms with Crippen LogP contribution in [0.1, 0.15) is 55.8 Å². The van der Waals surface area contributed by atoms with Crippen LogP contribution < -0.4 is 25.8 Å². The topological polar surface area (TPSA) is 206 Å². The second-order valence-electron chi connectivity index (χ2n) is 18.4. The molecule has 5 heterocycles. The van der Waals surface area contributed by atoms with Crippen LogP contribution in [-0.4, -0.2) is 128 Å². The highest BCUT2D eigenvalue weighted by Crippen LogP contribution is 2.41. The summed E-state index contributed by atoms with van der Waals surface area (Å²) in [5.74, 6) is -4.26. The number of fused-ring (bicyclic) bond motifs is 2. The van der Waals surface area contributed by atoms with Gasteiger partial charge >= 0.3 is 12.1 Å². The van der Waals surface area contributed by atoms with Crippen LogP contribution >= 0.6 is 0 Å². The van der Waals surface area contributed by atoms with E-state index in [-0.39, 0.29) is 59.8 Å². The first-order valence-corrected chi connectivity index (χ1v) is 25.1. The molecular formula is C51H52F4N12O6S. The highest BCUT2D eigenvalue weighted by Gasteiger charge is 2.37. The molecule has 0 atom stereocenters. The second kappa shape index (κ2) is 20.8. The molecule has 3 aliphatic rings. The number of nitrogens with zero attached hydrogens (tertiary/aromatic N) is 9. The van der Waals surface area contributed by atoms with E-state index < -0.39 is 61.7 Å². The summed E-state index contributed by atoms with van der Waals surface area (Å²) in [5, 5.41) is 7.99. The van der Waals surface area contributed by atoms with Gasteiger partial charge in [-0.25, -0.2) is 55.3 Å². The molecule has 0 spiro atoms. The summed E-state index contributed by atoms with van der Waals surface area (Å²) in [5.41, 5.74) is 3.45. The molecule has 1 fully saturated rings. The lowest BCUT2D eigenvalue weighted by Crippen LogP contribution is -2.43. The zero-order chi connectivity index (χ0) is 53.5. The van der Waals surface area contributed by atoms with Crippen LogP contribution in [0, 0.1) is 37.1 Å². The Morgan fingerprint density at radius 3 is 1.49 bits per heavy atom. The maximum Gasteiger partial charge on any atom is 0.328 e. The van der Waals surface area contributed by atoms with Crippen LogP contribution in [0.2, 0.25) is 0 Å². The molecule has 6 aromatic rings. The summed E-state index contributed by atoms with van der Waals surface area (Å²) in [6.45, 7) is 5.36. The number of rotatable bonds is 9. The van der Waals surface area contributed by atoms with E-state index in [4.69, 9.17) is 4.98 Å². The lowest BCUT2D eigenvalue weighted by atomic mass is 9.97. The Kier molecular flexibility index (Phi) is 14.7. The fourth-order valence-corrected chi connectivity index (χ4v) is 9.18. The van der Waals surface area contributed by atoms with Gasteiger partial charge in [-0.15, -0.1) is 0 Å². The first-order valence-electron chi connectivity index (χ1n) is 23.2. The average molecular weight is 1040 g/mol. The van der Waals surface area contributed by atoms with Gasteiger partial charge in [0.05, 0.1) is 24.5 Å². The van der Waals surface area contributed by atoms with E-state index >= 15 is 0 Å². The number of urea groups is 2. The summed E-state index contributed by atoms with van der Waals surface area (Å²) in [6, 6.07) is 15.2. The van der Waals surface area contributed by atoms with Gasteiger partial charge in [-0.3, -0.25) is 9.59 Å². The molecule has 3 N–H and O–H groups in total. The highest BCUT2D eigenvalue weighted by molar-refractivity contribution is 7.90. The number of aromatic nitrogens is 4. The Morgan fingerprint density at radius 2 is 1.07 bits per heavy atom. The molecule has 18 nitrogen and oxygen atoms in total. The third kappa shape index (κ3) is 10.4. The van der Waals surface area contributed by atoms with Gasteiger partial charge in [-0.2, -0.15) is 9.97 Å². The minimum Gasteiger partial charge on any atom is -0.351 e. The van der Waals surface area contributed by atoms with Crippen molar-refractivity contribution in [2.24, 2.45) is 0 Å². The summed E-state index contributed by atoms with van der Waals surface area (Å²) >= 11 is 0. The maximum absolute atomic E-state index is 14.9. The van der Waals surface area contributed by atoms with Crippen molar-refractivity contribution in [1.82, 2.24) is 45.3 Å². The fourth-order valence-electron chi connectivity index (χ4n) is 8.67. The van der Waals surface area contributed by atoms with Gasteiger partial charge in [0.15, 0.2) is 11.6 Å². The number of amides is 6. The molecule has 6 amide bonds. The fraction of sp³-hybridized carbons (Fsp3) is 0.294. The number of para-hydroxylation sites is 2. The number of halogens is 4. The zero-order valence-electron chi connectivity index (χ0n) is 41.6. The number of aryl methyl sites for hydroxylation is 2. The first-order chi connectivity index (χ1) is 35.0. The van der Waals surface area contributed by atoms with Crippen LogP contribution in [0.5, 0.6) is 0 Å². The van der Waals surface area contributed by atoms with E-state index in [0.29, 0.717) is 44.0 Å². The molecule has 74 heavy (non-hydrogen) atoms. The van der Waals surface area contributed by atoms with Gasteiger partial charge in [0.2, 0.25) is 20.9 Å². The number of piperidine rings is 1. The van der Waals surface area contributed by atoms with Gasteiger partial charge in [0.1, 0.15) is 34.6 Å². The van der Waals surface area contributed by atoms with Crippen LogP contribution in [0.15, 0.2) is 78.0 Å². The van der Waals surface area contributed by atoms with E-state index in [1.165, 1.54) is 15.9 Å². The number of nitrogens with one attached hydrogen (secondary N) is 3. The van der Waals surface area contributed by atoms with Crippen molar-refractivity contribution < 1.29 is 45.2 Å². The standard InChI is InChI=1S/C28H31F2N7O2.C23H21F2N5O4S/c1-16-8-9-17(26(38)35(2)3)14-19(16)23-20-15-31-28(39)37(24-21(29)6-5-7-22(24)30)25(20)34-27(33-23)32-18-10-12-36(4)13-11-18;1-12-8-9-13(21(31)29(2)3)10-14(12)18-15-11-26-23(32)30(19-16(24)6-5-7-17(19)25)20(15)28-22(27-18)35(4,33)34/h5-9,14,18H,10-13,15H2,1-4H3,(H,31,39)(H,32,33,34);5-10H,11H2,1-4H3,(H,26,32). The van der Waals surface area contributed by atoms with E-state index in [2.05, 4.69) is 42.8 Å². The zero-order valence-corrected chi connectivity index (χ0v) is 42.5.